The molecule has 1 atom stereocenters. The van der Waals surface area contributed by atoms with Crippen molar-refractivity contribution in [3.8, 4) is 0 Å². The van der Waals surface area contributed by atoms with E-state index in [9.17, 15) is 4.39 Å². The quantitative estimate of drug-likeness (QED) is 0.725. The van der Waals surface area contributed by atoms with Crippen molar-refractivity contribution in [2.45, 2.75) is 12.5 Å². The van der Waals surface area contributed by atoms with Gasteiger partial charge < -0.3 is 5.73 Å². The Morgan fingerprint density at radius 3 is 2.72 bits per heavy atom. The molecule has 0 amide bonds. The molecule has 0 aliphatic heterocycles. The summed E-state index contributed by atoms with van der Waals surface area (Å²) in [5, 5.41) is 0.133. The first kappa shape index (κ1) is 14.5. The van der Waals surface area contributed by atoms with Gasteiger partial charge in [0.25, 0.3) is 0 Å². The fraction of sp³-hybridized carbons (Fsp3) is 0.167. The number of hydrogen-bond acceptors (Lipinski definition) is 2. The summed E-state index contributed by atoms with van der Waals surface area (Å²) in [6.45, 7) is 0. The zero-order valence-corrected chi connectivity index (χ0v) is 13.8. The van der Waals surface area contributed by atoms with Crippen molar-refractivity contribution in [1.82, 2.24) is 0 Å². The van der Waals surface area contributed by atoms with E-state index >= 15 is 0 Å². The Morgan fingerprint density at radius 2 is 2.11 bits per heavy atom. The summed E-state index contributed by atoms with van der Waals surface area (Å²) in [7, 11) is 0. The summed E-state index contributed by atoms with van der Waals surface area (Å²) in [5.74, 6) is -0.385. The van der Waals surface area contributed by atoms with Crippen LogP contribution in [0, 0.1) is 5.82 Å². The Labute approximate surface area is 130 Å². The largest absolute Gasteiger partial charge is 0.323 e. The number of halogens is 4. The smallest absolute Gasteiger partial charge is 0.145 e. The third-order valence-electron chi connectivity index (χ3n) is 2.50. The van der Waals surface area contributed by atoms with E-state index < -0.39 is 0 Å². The molecular weight excluding hydrogens is 404 g/mol. The summed E-state index contributed by atoms with van der Waals surface area (Å²) >= 11 is 14.1. The predicted molar refractivity (Wildman–Crippen MR) is 81.8 cm³/mol. The van der Waals surface area contributed by atoms with Gasteiger partial charge in [-0.15, -0.1) is 11.3 Å². The van der Waals surface area contributed by atoms with E-state index in [1.54, 1.807) is 23.5 Å². The lowest BCUT2D eigenvalue weighted by atomic mass is 10.0. The van der Waals surface area contributed by atoms with E-state index in [-0.39, 0.29) is 16.9 Å². The number of thiophene rings is 1. The molecule has 0 spiro atoms. The second-order valence-corrected chi connectivity index (χ2v) is 7.46. The molecule has 1 aromatic carbocycles. The minimum atomic E-state index is -0.385. The van der Waals surface area contributed by atoms with Crippen molar-refractivity contribution >= 4 is 54.8 Å². The summed E-state index contributed by atoms with van der Waals surface area (Å²) in [4.78, 5) is 0.994. The lowest BCUT2D eigenvalue weighted by Gasteiger charge is -2.10. The molecule has 0 bridgehead atoms. The maximum Gasteiger partial charge on any atom is 0.145 e. The molecule has 1 aromatic heterocycles. The summed E-state index contributed by atoms with van der Waals surface area (Å²) in [6.07, 6.45) is 0.422. The van der Waals surface area contributed by atoms with Crippen LogP contribution in [0.2, 0.25) is 5.02 Å². The van der Waals surface area contributed by atoms with E-state index in [4.69, 9.17) is 17.3 Å². The fourth-order valence-corrected chi connectivity index (χ4v) is 3.87. The van der Waals surface area contributed by atoms with Gasteiger partial charge in [0.2, 0.25) is 0 Å². The van der Waals surface area contributed by atoms with Crippen molar-refractivity contribution in [1.29, 1.82) is 0 Å². The first-order valence-corrected chi connectivity index (χ1v) is 7.90. The minimum Gasteiger partial charge on any atom is -0.323 e. The van der Waals surface area contributed by atoms with Crippen LogP contribution in [0.25, 0.3) is 0 Å². The highest BCUT2D eigenvalue weighted by Gasteiger charge is 2.15. The zero-order valence-electron chi connectivity index (χ0n) is 9.09. The molecule has 2 rings (SSSR count). The van der Waals surface area contributed by atoms with Crippen molar-refractivity contribution in [3.05, 3.63) is 53.8 Å². The minimum absolute atomic E-state index is 0.133. The van der Waals surface area contributed by atoms with E-state index in [2.05, 4.69) is 31.9 Å². The van der Waals surface area contributed by atoms with E-state index in [0.717, 1.165) is 13.1 Å². The van der Waals surface area contributed by atoms with Crippen LogP contribution >= 0.6 is 54.8 Å². The predicted octanol–water partition coefficient (Wildman–Crippen LogP) is 5.31. The van der Waals surface area contributed by atoms with Crippen LogP contribution in [0.4, 0.5) is 4.39 Å². The Kier molecular flexibility index (Phi) is 4.83. The Bertz CT molecular complexity index is 554. The maximum absolute atomic E-state index is 13.8. The van der Waals surface area contributed by atoms with Crippen LogP contribution in [0.5, 0.6) is 0 Å². The van der Waals surface area contributed by atoms with Crippen LogP contribution in [0.1, 0.15) is 16.5 Å². The van der Waals surface area contributed by atoms with Crippen molar-refractivity contribution in [2.24, 2.45) is 5.73 Å². The molecule has 2 N–H and O–H groups in total. The molecule has 0 aliphatic rings. The van der Waals surface area contributed by atoms with Gasteiger partial charge in [-0.25, -0.2) is 4.39 Å². The highest BCUT2D eigenvalue weighted by Crippen LogP contribution is 2.36. The Morgan fingerprint density at radius 1 is 1.39 bits per heavy atom. The van der Waals surface area contributed by atoms with Gasteiger partial charge in [0.15, 0.2) is 0 Å². The average Bonchev–Trinajstić information content (AvgIpc) is 2.66. The molecule has 0 radical (unpaired) electrons. The standard InChI is InChI=1S/C12H9Br2ClFNS/c13-7-5-10(18-12(7)14)9(17)4-6-2-1-3-8(15)11(6)16/h1-3,5,9H,4,17H2. The van der Waals surface area contributed by atoms with Gasteiger partial charge in [-0.3, -0.25) is 0 Å². The van der Waals surface area contributed by atoms with Crippen LogP contribution < -0.4 is 5.73 Å². The highest BCUT2D eigenvalue weighted by atomic mass is 79.9. The average molecular weight is 414 g/mol. The Balaban J connectivity index is 2.21. The Hall–Kier alpha value is 0.0600. The number of rotatable bonds is 3. The van der Waals surface area contributed by atoms with Crippen molar-refractivity contribution in [3.63, 3.8) is 0 Å². The molecule has 18 heavy (non-hydrogen) atoms. The highest BCUT2D eigenvalue weighted by molar-refractivity contribution is 9.13. The van der Waals surface area contributed by atoms with E-state index in [1.165, 1.54) is 6.07 Å². The molecular formula is C12H9Br2ClFNS. The van der Waals surface area contributed by atoms with Crippen molar-refractivity contribution < 1.29 is 4.39 Å². The summed E-state index contributed by atoms with van der Waals surface area (Å²) < 4.78 is 15.7. The number of nitrogens with two attached hydrogens (primary N) is 1. The third-order valence-corrected chi connectivity index (χ3v) is 6.18. The van der Waals surface area contributed by atoms with Gasteiger partial charge in [-0.2, -0.15) is 0 Å². The van der Waals surface area contributed by atoms with Crippen LogP contribution in [-0.2, 0) is 6.42 Å². The van der Waals surface area contributed by atoms with Gasteiger partial charge in [0.05, 0.1) is 8.81 Å². The second-order valence-electron chi connectivity index (χ2n) is 3.79. The van der Waals surface area contributed by atoms with E-state index in [0.29, 0.717) is 12.0 Å². The second kappa shape index (κ2) is 6.01. The molecule has 2 aromatic rings. The topological polar surface area (TPSA) is 26.0 Å². The van der Waals surface area contributed by atoms with Gasteiger partial charge in [-0.1, -0.05) is 23.7 Å². The zero-order chi connectivity index (χ0) is 13.3. The number of benzene rings is 1. The SMILES string of the molecule is NC(Cc1cccc(Cl)c1F)c1cc(Br)c(Br)s1. The van der Waals surface area contributed by atoms with Gasteiger partial charge in [0.1, 0.15) is 5.82 Å². The first-order valence-electron chi connectivity index (χ1n) is 5.12. The molecule has 0 saturated carbocycles. The molecule has 1 heterocycles. The first-order chi connectivity index (χ1) is 8.49. The summed E-state index contributed by atoms with van der Waals surface area (Å²) in [6, 6.07) is 6.67. The summed E-state index contributed by atoms with van der Waals surface area (Å²) in [5.41, 5.74) is 6.62. The number of hydrogen-bond donors (Lipinski definition) is 1. The molecule has 0 aliphatic carbocycles. The molecule has 6 heteroatoms. The lowest BCUT2D eigenvalue weighted by Crippen LogP contribution is -2.12. The maximum atomic E-state index is 13.8. The monoisotopic (exact) mass is 411 g/mol. The third kappa shape index (κ3) is 3.14. The molecule has 1 unspecified atom stereocenters. The van der Waals surface area contributed by atoms with Crippen LogP contribution in [0.15, 0.2) is 32.5 Å². The van der Waals surface area contributed by atoms with Gasteiger partial charge in [0, 0.05) is 15.4 Å². The normalized spacial score (nSPS) is 12.7. The molecule has 0 saturated heterocycles. The van der Waals surface area contributed by atoms with Gasteiger partial charge >= 0.3 is 0 Å². The van der Waals surface area contributed by atoms with Gasteiger partial charge in [-0.05, 0) is 56.0 Å². The van der Waals surface area contributed by atoms with E-state index in [1.807, 2.05) is 6.07 Å². The molecule has 1 nitrogen and oxygen atoms in total. The van der Waals surface area contributed by atoms with Crippen LogP contribution in [0.3, 0.4) is 0 Å². The molecule has 96 valence electrons. The molecule has 0 fully saturated rings. The fourth-order valence-electron chi connectivity index (χ4n) is 1.59. The lowest BCUT2D eigenvalue weighted by molar-refractivity contribution is 0.595. The van der Waals surface area contributed by atoms with Crippen molar-refractivity contribution in [2.75, 3.05) is 0 Å². The van der Waals surface area contributed by atoms with Crippen LogP contribution in [-0.4, -0.2) is 0 Å².